The molecule has 3 nitrogen and oxygen atoms in total. The smallest absolute Gasteiger partial charge is 0.157 e. The van der Waals surface area contributed by atoms with Crippen LogP contribution in [0.25, 0.3) is 0 Å². The molecule has 2 N–H and O–H groups in total. The average molecular weight is 288 g/mol. The van der Waals surface area contributed by atoms with Gasteiger partial charge in [-0.2, -0.15) is 0 Å². The van der Waals surface area contributed by atoms with Crippen molar-refractivity contribution in [3.63, 3.8) is 0 Å². The van der Waals surface area contributed by atoms with E-state index >= 15 is 0 Å². The van der Waals surface area contributed by atoms with Crippen LogP contribution >= 0.6 is 23.2 Å². The Morgan fingerprint density at radius 2 is 1.94 bits per heavy atom. The van der Waals surface area contributed by atoms with Crippen molar-refractivity contribution in [2.75, 3.05) is 13.2 Å². The monoisotopic (exact) mass is 287 g/mol. The molecule has 18 heavy (non-hydrogen) atoms. The van der Waals surface area contributed by atoms with Crippen LogP contribution in [0.4, 0.5) is 0 Å². The molecule has 1 aliphatic rings. The highest BCUT2D eigenvalue weighted by Gasteiger charge is 2.35. The van der Waals surface area contributed by atoms with Crippen LogP contribution in [0, 0.1) is 0 Å². The third-order valence-electron chi connectivity index (χ3n) is 3.29. The third kappa shape index (κ3) is 3.04. The van der Waals surface area contributed by atoms with Gasteiger partial charge in [-0.1, -0.05) is 29.3 Å². The number of hydrogen-bond donors (Lipinski definition) is 1. The first-order valence-electron chi connectivity index (χ1n) is 5.85. The van der Waals surface area contributed by atoms with Crippen LogP contribution in [0.5, 0.6) is 0 Å². The van der Waals surface area contributed by atoms with Crippen molar-refractivity contribution in [1.29, 1.82) is 0 Å². The maximum absolute atomic E-state index is 12.2. The van der Waals surface area contributed by atoms with Gasteiger partial charge in [-0.05, 0) is 30.5 Å². The highest BCUT2D eigenvalue weighted by molar-refractivity contribution is 6.42. The molecule has 1 saturated heterocycles. The predicted octanol–water partition coefficient (Wildman–Crippen LogP) is 2.61. The fourth-order valence-electron chi connectivity index (χ4n) is 2.03. The summed E-state index contributed by atoms with van der Waals surface area (Å²) >= 11 is 11.8. The second-order valence-electron chi connectivity index (χ2n) is 4.62. The third-order valence-corrected chi connectivity index (χ3v) is 4.03. The van der Waals surface area contributed by atoms with Gasteiger partial charge in [0.15, 0.2) is 5.78 Å². The molecule has 0 aromatic heterocycles. The Morgan fingerprint density at radius 3 is 2.56 bits per heavy atom. The molecular formula is C13H15Cl2NO2. The molecule has 0 aliphatic carbocycles. The van der Waals surface area contributed by atoms with E-state index in [2.05, 4.69) is 0 Å². The minimum absolute atomic E-state index is 0.0317. The SMILES string of the molecule is NC1(C(=O)Cc2ccc(Cl)c(Cl)c2)CCOCC1. The lowest BCUT2D eigenvalue weighted by Gasteiger charge is -2.31. The summed E-state index contributed by atoms with van der Waals surface area (Å²) in [7, 11) is 0. The van der Waals surface area contributed by atoms with Crippen LogP contribution in [-0.2, 0) is 16.0 Å². The summed E-state index contributed by atoms with van der Waals surface area (Å²) < 4.78 is 5.23. The van der Waals surface area contributed by atoms with Crippen molar-refractivity contribution in [3.8, 4) is 0 Å². The standard InChI is InChI=1S/C13H15Cl2NO2/c14-10-2-1-9(7-11(10)15)8-12(17)13(16)3-5-18-6-4-13/h1-2,7H,3-6,8,16H2. The zero-order valence-corrected chi connectivity index (χ0v) is 11.4. The largest absolute Gasteiger partial charge is 0.381 e. The van der Waals surface area contributed by atoms with Gasteiger partial charge < -0.3 is 10.5 Å². The van der Waals surface area contributed by atoms with E-state index in [1.165, 1.54) is 0 Å². The molecule has 0 radical (unpaired) electrons. The first-order valence-corrected chi connectivity index (χ1v) is 6.61. The molecular weight excluding hydrogens is 273 g/mol. The predicted molar refractivity (Wildman–Crippen MR) is 72.1 cm³/mol. The van der Waals surface area contributed by atoms with Crippen molar-refractivity contribution in [2.24, 2.45) is 5.73 Å². The number of hydrogen-bond acceptors (Lipinski definition) is 3. The number of halogens is 2. The van der Waals surface area contributed by atoms with Crippen molar-refractivity contribution < 1.29 is 9.53 Å². The van der Waals surface area contributed by atoms with Crippen molar-refractivity contribution in [1.82, 2.24) is 0 Å². The minimum Gasteiger partial charge on any atom is -0.381 e. The molecule has 0 unspecified atom stereocenters. The second-order valence-corrected chi connectivity index (χ2v) is 5.43. The van der Waals surface area contributed by atoms with E-state index in [1.807, 2.05) is 0 Å². The van der Waals surface area contributed by atoms with Crippen LogP contribution in [0.2, 0.25) is 10.0 Å². The summed E-state index contributed by atoms with van der Waals surface area (Å²) in [5, 5.41) is 0.946. The summed E-state index contributed by atoms with van der Waals surface area (Å²) in [6.45, 7) is 1.09. The maximum Gasteiger partial charge on any atom is 0.157 e. The molecule has 1 aromatic rings. The fourth-order valence-corrected chi connectivity index (χ4v) is 2.35. The molecule has 1 fully saturated rings. The van der Waals surface area contributed by atoms with Crippen molar-refractivity contribution in [2.45, 2.75) is 24.8 Å². The van der Waals surface area contributed by atoms with Crippen LogP contribution in [0.3, 0.4) is 0 Å². The fraction of sp³-hybridized carbons (Fsp3) is 0.462. The Labute approximate surface area is 116 Å². The highest BCUT2D eigenvalue weighted by Crippen LogP contribution is 2.25. The van der Waals surface area contributed by atoms with Gasteiger partial charge >= 0.3 is 0 Å². The molecule has 1 aromatic carbocycles. The Morgan fingerprint density at radius 1 is 1.28 bits per heavy atom. The number of carbonyl (C=O) groups excluding carboxylic acids is 1. The van der Waals surface area contributed by atoms with Gasteiger partial charge in [-0.25, -0.2) is 0 Å². The molecule has 0 atom stereocenters. The summed E-state index contributed by atoms with van der Waals surface area (Å²) in [6, 6.07) is 5.21. The lowest BCUT2D eigenvalue weighted by atomic mass is 9.84. The van der Waals surface area contributed by atoms with Gasteiger partial charge in [-0.3, -0.25) is 4.79 Å². The molecule has 0 saturated carbocycles. The van der Waals surface area contributed by atoms with Gasteiger partial charge in [0, 0.05) is 19.6 Å². The van der Waals surface area contributed by atoms with Crippen molar-refractivity contribution >= 4 is 29.0 Å². The summed E-state index contributed by atoms with van der Waals surface area (Å²) in [5.41, 5.74) is 6.21. The molecule has 0 spiro atoms. The molecule has 0 bridgehead atoms. The first-order chi connectivity index (χ1) is 8.51. The van der Waals surface area contributed by atoms with Crippen molar-refractivity contribution in [3.05, 3.63) is 33.8 Å². The number of benzene rings is 1. The molecule has 2 rings (SSSR count). The van der Waals surface area contributed by atoms with Crippen LogP contribution in [0.1, 0.15) is 18.4 Å². The topological polar surface area (TPSA) is 52.3 Å². The number of rotatable bonds is 3. The second kappa shape index (κ2) is 5.57. The number of Topliss-reactive ketones (excluding diaryl/α,β-unsaturated/α-hetero) is 1. The normalized spacial score (nSPS) is 18.6. The Balaban J connectivity index is 2.08. The molecule has 98 valence electrons. The maximum atomic E-state index is 12.2. The average Bonchev–Trinajstić information content (AvgIpc) is 2.35. The first kappa shape index (κ1) is 13.8. The van der Waals surface area contributed by atoms with E-state index in [1.54, 1.807) is 18.2 Å². The van der Waals surface area contributed by atoms with E-state index in [-0.39, 0.29) is 12.2 Å². The Kier molecular flexibility index (Phi) is 4.28. The lowest BCUT2D eigenvalue weighted by Crippen LogP contribution is -2.52. The van der Waals surface area contributed by atoms with Gasteiger partial charge in [0.05, 0.1) is 15.6 Å². The van der Waals surface area contributed by atoms with Gasteiger partial charge in [0.25, 0.3) is 0 Å². The van der Waals surface area contributed by atoms with Crippen LogP contribution in [0.15, 0.2) is 18.2 Å². The minimum atomic E-state index is -0.760. The van der Waals surface area contributed by atoms with Crippen LogP contribution < -0.4 is 5.73 Å². The molecule has 5 heteroatoms. The summed E-state index contributed by atoms with van der Waals surface area (Å²) in [6.07, 6.45) is 1.44. The Hall–Kier alpha value is -0.610. The summed E-state index contributed by atoms with van der Waals surface area (Å²) in [5.74, 6) is 0.0317. The van der Waals surface area contributed by atoms with E-state index in [9.17, 15) is 4.79 Å². The molecule has 1 aliphatic heterocycles. The zero-order chi connectivity index (χ0) is 13.2. The molecule has 0 amide bonds. The van der Waals surface area contributed by atoms with Crippen LogP contribution in [-0.4, -0.2) is 24.5 Å². The quantitative estimate of drug-likeness (QED) is 0.930. The number of ketones is 1. The van der Waals surface area contributed by atoms with E-state index in [0.29, 0.717) is 36.1 Å². The molecule has 1 heterocycles. The van der Waals surface area contributed by atoms with Gasteiger partial charge in [-0.15, -0.1) is 0 Å². The van der Waals surface area contributed by atoms with E-state index < -0.39 is 5.54 Å². The van der Waals surface area contributed by atoms with E-state index in [4.69, 9.17) is 33.7 Å². The van der Waals surface area contributed by atoms with Gasteiger partial charge in [0.1, 0.15) is 0 Å². The zero-order valence-electron chi connectivity index (χ0n) is 9.92. The highest BCUT2D eigenvalue weighted by atomic mass is 35.5. The number of carbonyl (C=O) groups is 1. The number of nitrogens with two attached hydrogens (primary N) is 1. The van der Waals surface area contributed by atoms with E-state index in [0.717, 1.165) is 5.56 Å². The Bertz CT molecular complexity index is 456. The lowest BCUT2D eigenvalue weighted by molar-refractivity contribution is -0.126. The summed E-state index contributed by atoms with van der Waals surface area (Å²) in [4.78, 5) is 12.2. The van der Waals surface area contributed by atoms with Gasteiger partial charge in [0.2, 0.25) is 0 Å². The number of ether oxygens (including phenoxy) is 1.